The van der Waals surface area contributed by atoms with Crippen molar-refractivity contribution < 1.29 is 4.79 Å². The highest BCUT2D eigenvalue weighted by molar-refractivity contribution is 5.80. The zero-order valence-corrected chi connectivity index (χ0v) is 7.31. The van der Waals surface area contributed by atoms with E-state index in [0.29, 0.717) is 11.7 Å². The van der Waals surface area contributed by atoms with Gasteiger partial charge in [0.2, 0.25) is 0 Å². The van der Waals surface area contributed by atoms with Crippen molar-refractivity contribution in [2.75, 3.05) is 0 Å². The Labute approximate surface area is 63.8 Å². The van der Waals surface area contributed by atoms with Crippen LogP contribution < -0.4 is 0 Å². The van der Waals surface area contributed by atoms with E-state index in [4.69, 9.17) is 0 Å². The van der Waals surface area contributed by atoms with E-state index in [0.717, 1.165) is 25.7 Å². The van der Waals surface area contributed by atoms with Crippen LogP contribution in [-0.2, 0) is 4.79 Å². The average molecular weight is 142 g/mol. The van der Waals surface area contributed by atoms with Gasteiger partial charge in [-0.1, -0.05) is 27.2 Å². The molecule has 10 heavy (non-hydrogen) atoms. The van der Waals surface area contributed by atoms with Gasteiger partial charge in [0.25, 0.3) is 0 Å². The van der Waals surface area contributed by atoms with Gasteiger partial charge in [0.05, 0.1) is 0 Å². The summed E-state index contributed by atoms with van der Waals surface area (Å²) in [5, 5.41) is 0. The van der Waals surface area contributed by atoms with Gasteiger partial charge in [0.1, 0.15) is 5.78 Å². The molecule has 1 nitrogen and oxygen atoms in total. The summed E-state index contributed by atoms with van der Waals surface area (Å²) in [5.41, 5.74) is 0. The Kier molecular flexibility index (Phi) is 5.27. The number of hydrogen-bond acceptors (Lipinski definition) is 1. The van der Waals surface area contributed by atoms with Crippen LogP contribution in [0.4, 0.5) is 0 Å². The smallest absolute Gasteiger partial charge is 0.135 e. The van der Waals surface area contributed by atoms with Crippen LogP contribution in [0.2, 0.25) is 0 Å². The van der Waals surface area contributed by atoms with Crippen molar-refractivity contribution in [2.24, 2.45) is 5.92 Å². The molecule has 1 heteroatoms. The maximum atomic E-state index is 11.1. The van der Waals surface area contributed by atoms with E-state index < -0.39 is 0 Å². The van der Waals surface area contributed by atoms with Gasteiger partial charge in [0, 0.05) is 12.3 Å². The van der Waals surface area contributed by atoms with Crippen LogP contribution >= 0.6 is 0 Å². The van der Waals surface area contributed by atoms with E-state index in [1.54, 1.807) is 0 Å². The molecule has 0 amide bonds. The molecule has 0 heterocycles. The molecular formula is C9H18O. The van der Waals surface area contributed by atoms with E-state index in [-0.39, 0.29) is 0 Å². The molecule has 0 aliphatic heterocycles. The highest BCUT2D eigenvalue weighted by atomic mass is 16.1. The number of hydrogen-bond donors (Lipinski definition) is 0. The number of carbonyl (C=O) groups excluding carboxylic acids is 1. The first kappa shape index (κ1) is 9.67. The summed E-state index contributed by atoms with van der Waals surface area (Å²) in [6, 6.07) is 0. The van der Waals surface area contributed by atoms with Crippen LogP contribution in [0.15, 0.2) is 0 Å². The Hall–Kier alpha value is -0.330. The van der Waals surface area contributed by atoms with Crippen molar-refractivity contribution in [2.45, 2.75) is 46.5 Å². The second-order valence-electron chi connectivity index (χ2n) is 2.91. The first-order valence-electron chi connectivity index (χ1n) is 4.25. The van der Waals surface area contributed by atoms with Gasteiger partial charge in [-0.25, -0.2) is 0 Å². The van der Waals surface area contributed by atoms with Crippen molar-refractivity contribution in [3.05, 3.63) is 0 Å². The molecule has 0 aliphatic carbocycles. The highest BCUT2D eigenvalue weighted by Gasteiger charge is 2.09. The molecule has 0 aromatic rings. The number of carbonyl (C=O) groups is 1. The maximum absolute atomic E-state index is 11.1. The predicted molar refractivity (Wildman–Crippen MR) is 44.0 cm³/mol. The average Bonchev–Trinajstić information content (AvgIpc) is 1.89. The summed E-state index contributed by atoms with van der Waals surface area (Å²) in [5.74, 6) is 0.731. The Morgan fingerprint density at radius 1 is 1.30 bits per heavy atom. The molecule has 0 aromatic heterocycles. The van der Waals surface area contributed by atoms with Crippen molar-refractivity contribution in [1.29, 1.82) is 0 Å². The number of rotatable bonds is 5. The van der Waals surface area contributed by atoms with Gasteiger partial charge >= 0.3 is 0 Å². The topological polar surface area (TPSA) is 17.1 Å². The fourth-order valence-electron chi connectivity index (χ4n) is 1.09. The fraction of sp³-hybridized carbons (Fsp3) is 0.889. The SMILES string of the molecule is CCCC(=O)[C@H](C)CCC. The van der Waals surface area contributed by atoms with Gasteiger partial charge in [0.15, 0.2) is 0 Å². The van der Waals surface area contributed by atoms with E-state index in [9.17, 15) is 4.79 Å². The summed E-state index contributed by atoms with van der Waals surface area (Å²) >= 11 is 0. The zero-order valence-electron chi connectivity index (χ0n) is 7.31. The molecular weight excluding hydrogens is 124 g/mol. The minimum absolute atomic E-state index is 0.296. The molecule has 0 fully saturated rings. The lowest BCUT2D eigenvalue weighted by Crippen LogP contribution is -2.09. The predicted octanol–water partition coefficient (Wildman–Crippen LogP) is 2.79. The molecule has 0 saturated heterocycles. The Bertz CT molecular complexity index is 96.9. The lowest BCUT2D eigenvalue weighted by molar-refractivity contribution is -0.122. The third-order valence-electron chi connectivity index (χ3n) is 1.77. The minimum Gasteiger partial charge on any atom is -0.299 e. The molecule has 0 radical (unpaired) electrons. The third kappa shape index (κ3) is 3.65. The van der Waals surface area contributed by atoms with Crippen LogP contribution in [0.5, 0.6) is 0 Å². The summed E-state index contributed by atoms with van der Waals surface area (Å²) in [6.45, 7) is 6.20. The molecule has 0 aromatic carbocycles. The van der Waals surface area contributed by atoms with Gasteiger partial charge in [-0.15, -0.1) is 0 Å². The lowest BCUT2D eigenvalue weighted by atomic mass is 9.98. The first-order chi connectivity index (χ1) is 4.72. The van der Waals surface area contributed by atoms with Gasteiger partial charge in [-0.2, -0.15) is 0 Å². The van der Waals surface area contributed by atoms with Crippen molar-refractivity contribution in [3.8, 4) is 0 Å². The van der Waals surface area contributed by atoms with Crippen LogP contribution in [0, 0.1) is 5.92 Å². The largest absolute Gasteiger partial charge is 0.299 e. The van der Waals surface area contributed by atoms with Crippen molar-refractivity contribution in [1.82, 2.24) is 0 Å². The highest BCUT2D eigenvalue weighted by Crippen LogP contribution is 2.09. The van der Waals surface area contributed by atoms with Crippen molar-refractivity contribution >= 4 is 5.78 Å². The molecule has 0 bridgehead atoms. The summed E-state index contributed by atoms with van der Waals surface area (Å²) in [4.78, 5) is 11.1. The van der Waals surface area contributed by atoms with Crippen LogP contribution in [0.3, 0.4) is 0 Å². The van der Waals surface area contributed by atoms with E-state index >= 15 is 0 Å². The summed E-state index contributed by atoms with van der Waals surface area (Å²) in [6.07, 6.45) is 3.93. The van der Waals surface area contributed by atoms with E-state index in [1.165, 1.54) is 0 Å². The van der Waals surface area contributed by atoms with Crippen molar-refractivity contribution in [3.63, 3.8) is 0 Å². The molecule has 0 aliphatic rings. The fourth-order valence-corrected chi connectivity index (χ4v) is 1.09. The summed E-state index contributed by atoms with van der Waals surface area (Å²) < 4.78 is 0. The Balaban J connectivity index is 3.49. The molecule has 0 N–H and O–H groups in total. The second kappa shape index (κ2) is 5.45. The van der Waals surface area contributed by atoms with Gasteiger partial charge in [-0.05, 0) is 12.8 Å². The Morgan fingerprint density at radius 3 is 2.30 bits per heavy atom. The standard InChI is InChI=1S/C9H18O/c1-4-6-8(3)9(10)7-5-2/h8H,4-7H2,1-3H3/t8-/m1/s1. The first-order valence-corrected chi connectivity index (χ1v) is 4.25. The maximum Gasteiger partial charge on any atom is 0.135 e. The zero-order chi connectivity index (χ0) is 7.98. The van der Waals surface area contributed by atoms with Gasteiger partial charge in [-0.3, -0.25) is 4.79 Å². The third-order valence-corrected chi connectivity index (χ3v) is 1.77. The lowest BCUT2D eigenvalue weighted by Gasteiger charge is -2.06. The van der Waals surface area contributed by atoms with E-state index in [2.05, 4.69) is 13.8 Å². The monoisotopic (exact) mass is 142 g/mol. The molecule has 0 rings (SSSR count). The van der Waals surface area contributed by atoms with Crippen LogP contribution in [0.1, 0.15) is 46.5 Å². The number of Topliss-reactive ketones (excluding diaryl/α,β-unsaturated/α-hetero) is 1. The van der Waals surface area contributed by atoms with E-state index in [1.807, 2.05) is 6.92 Å². The van der Waals surface area contributed by atoms with Gasteiger partial charge < -0.3 is 0 Å². The van der Waals surface area contributed by atoms with Crippen LogP contribution in [-0.4, -0.2) is 5.78 Å². The molecule has 0 spiro atoms. The molecule has 1 atom stereocenters. The second-order valence-corrected chi connectivity index (χ2v) is 2.91. The number of ketones is 1. The Morgan fingerprint density at radius 2 is 1.90 bits per heavy atom. The molecule has 60 valence electrons. The molecule has 0 saturated carbocycles. The minimum atomic E-state index is 0.296. The summed E-state index contributed by atoms with van der Waals surface area (Å²) in [7, 11) is 0. The van der Waals surface area contributed by atoms with Crippen LogP contribution in [0.25, 0.3) is 0 Å². The normalized spacial score (nSPS) is 13.1. The quantitative estimate of drug-likeness (QED) is 0.577. The molecule has 0 unspecified atom stereocenters.